The number of benzene rings is 1. The average molecular weight is 242 g/mol. The Kier molecular flexibility index (Phi) is 3.13. The lowest BCUT2D eigenvalue weighted by Gasteiger charge is -1.97. The maximum absolute atomic E-state index is 5.77. The molecule has 0 aliphatic carbocycles. The van der Waals surface area contributed by atoms with E-state index in [1.165, 1.54) is 11.8 Å². The summed E-state index contributed by atoms with van der Waals surface area (Å²) in [7, 11) is 0. The molecule has 0 atom stereocenters. The van der Waals surface area contributed by atoms with Crippen LogP contribution in [-0.2, 0) is 5.75 Å². The van der Waals surface area contributed by atoms with Crippen LogP contribution < -0.4 is 5.73 Å². The van der Waals surface area contributed by atoms with E-state index in [9.17, 15) is 0 Å². The number of nitrogens with zero attached hydrogens (tertiary/aromatic N) is 2. The van der Waals surface area contributed by atoms with Gasteiger partial charge in [0, 0.05) is 10.8 Å². The van der Waals surface area contributed by atoms with Gasteiger partial charge in [0.15, 0.2) is 0 Å². The number of rotatable bonds is 3. The molecule has 0 spiro atoms. The summed E-state index contributed by atoms with van der Waals surface area (Å²) in [6, 6.07) is 7.69. The second-order valence-electron chi connectivity index (χ2n) is 2.82. The number of nitrogens with two attached hydrogens (primary N) is 1. The summed E-state index contributed by atoms with van der Waals surface area (Å²) in [6.07, 6.45) is 0. The van der Waals surface area contributed by atoms with Crippen molar-refractivity contribution in [1.29, 1.82) is 0 Å². The van der Waals surface area contributed by atoms with Crippen LogP contribution in [-0.4, -0.2) is 10.2 Å². The van der Waals surface area contributed by atoms with Crippen LogP contribution in [0.2, 0.25) is 5.02 Å². The summed E-state index contributed by atoms with van der Waals surface area (Å²) >= 11 is 7.20. The van der Waals surface area contributed by atoms with Crippen LogP contribution in [0, 0.1) is 0 Å². The first kappa shape index (κ1) is 10.3. The van der Waals surface area contributed by atoms with Gasteiger partial charge >= 0.3 is 6.01 Å². The van der Waals surface area contributed by atoms with E-state index in [4.69, 9.17) is 21.8 Å². The molecule has 4 nitrogen and oxygen atoms in total. The highest BCUT2D eigenvalue weighted by Crippen LogP contribution is 2.22. The second-order valence-corrected chi connectivity index (χ2v) is 4.18. The van der Waals surface area contributed by atoms with Crippen LogP contribution in [0.4, 0.5) is 6.01 Å². The maximum Gasteiger partial charge on any atom is 0.313 e. The molecular formula is C9H8ClN3OS. The van der Waals surface area contributed by atoms with Gasteiger partial charge in [0.2, 0.25) is 0 Å². The smallest absolute Gasteiger partial charge is 0.313 e. The number of thioether (sulfide) groups is 1. The lowest BCUT2D eigenvalue weighted by atomic mass is 10.2. The van der Waals surface area contributed by atoms with E-state index >= 15 is 0 Å². The Morgan fingerprint density at radius 2 is 2.00 bits per heavy atom. The van der Waals surface area contributed by atoms with Crippen molar-refractivity contribution in [1.82, 2.24) is 10.2 Å². The van der Waals surface area contributed by atoms with E-state index in [0.717, 1.165) is 16.3 Å². The molecule has 0 aliphatic heterocycles. The number of halogens is 1. The van der Waals surface area contributed by atoms with Crippen LogP contribution >= 0.6 is 23.4 Å². The minimum atomic E-state index is 0.0913. The summed E-state index contributed by atoms with van der Waals surface area (Å²) < 4.78 is 5.02. The summed E-state index contributed by atoms with van der Waals surface area (Å²) in [5.41, 5.74) is 6.44. The standard InChI is InChI=1S/C9H8ClN3OS/c10-7-3-1-6(2-4-7)5-15-9-13-12-8(11)14-9/h1-4H,5H2,(H2,11,12). The molecule has 0 fully saturated rings. The van der Waals surface area contributed by atoms with Crippen LogP contribution in [0.1, 0.15) is 5.56 Å². The number of hydrogen-bond acceptors (Lipinski definition) is 5. The molecule has 78 valence electrons. The molecule has 6 heteroatoms. The first-order valence-corrected chi connectivity index (χ1v) is 5.56. The van der Waals surface area contributed by atoms with Gasteiger partial charge in [-0.1, -0.05) is 45.7 Å². The third-order valence-electron chi connectivity index (χ3n) is 1.70. The predicted octanol–water partition coefficient (Wildman–Crippen LogP) is 2.60. The molecule has 1 heterocycles. The topological polar surface area (TPSA) is 64.9 Å². The third kappa shape index (κ3) is 2.87. The normalized spacial score (nSPS) is 10.5. The van der Waals surface area contributed by atoms with Gasteiger partial charge in [-0.25, -0.2) is 0 Å². The maximum atomic E-state index is 5.77. The lowest BCUT2D eigenvalue weighted by Crippen LogP contribution is -1.81. The zero-order valence-corrected chi connectivity index (χ0v) is 9.26. The Morgan fingerprint density at radius 3 is 2.60 bits per heavy atom. The predicted molar refractivity (Wildman–Crippen MR) is 59.7 cm³/mol. The number of aromatic nitrogens is 2. The van der Waals surface area contributed by atoms with Crippen molar-refractivity contribution in [2.45, 2.75) is 11.0 Å². The van der Waals surface area contributed by atoms with Gasteiger partial charge < -0.3 is 10.2 Å². The SMILES string of the molecule is Nc1nnc(SCc2ccc(Cl)cc2)o1. The van der Waals surface area contributed by atoms with E-state index in [2.05, 4.69) is 10.2 Å². The lowest BCUT2D eigenvalue weighted by molar-refractivity contribution is 0.470. The first-order valence-electron chi connectivity index (χ1n) is 4.20. The second kappa shape index (κ2) is 4.55. The molecule has 0 radical (unpaired) electrons. The molecule has 2 N–H and O–H groups in total. The molecule has 0 amide bonds. The zero-order valence-electron chi connectivity index (χ0n) is 7.68. The van der Waals surface area contributed by atoms with Gasteiger partial charge in [-0.05, 0) is 17.7 Å². The molecule has 0 saturated heterocycles. The summed E-state index contributed by atoms with van der Waals surface area (Å²) in [6.45, 7) is 0. The molecule has 2 rings (SSSR count). The fraction of sp³-hybridized carbons (Fsp3) is 0.111. The van der Waals surface area contributed by atoms with E-state index in [-0.39, 0.29) is 6.01 Å². The first-order chi connectivity index (χ1) is 7.24. The Balaban J connectivity index is 1.96. The van der Waals surface area contributed by atoms with Gasteiger partial charge in [0.05, 0.1) is 0 Å². The summed E-state index contributed by atoms with van der Waals surface area (Å²) in [5, 5.41) is 8.51. The van der Waals surface area contributed by atoms with Gasteiger partial charge in [-0.2, -0.15) is 0 Å². The van der Waals surface area contributed by atoms with E-state index in [1.807, 2.05) is 24.3 Å². The fourth-order valence-electron chi connectivity index (χ4n) is 1.00. The summed E-state index contributed by atoms with van der Waals surface area (Å²) in [5.74, 6) is 0.749. The van der Waals surface area contributed by atoms with Crippen molar-refractivity contribution in [3.05, 3.63) is 34.9 Å². The van der Waals surface area contributed by atoms with Crippen LogP contribution in [0.25, 0.3) is 0 Å². The molecule has 0 aliphatic rings. The highest BCUT2D eigenvalue weighted by molar-refractivity contribution is 7.98. The number of nitrogen functional groups attached to an aromatic ring is 1. The van der Waals surface area contributed by atoms with Crippen molar-refractivity contribution in [3.63, 3.8) is 0 Å². The molecular weight excluding hydrogens is 234 g/mol. The highest BCUT2D eigenvalue weighted by atomic mass is 35.5. The molecule has 1 aromatic carbocycles. The van der Waals surface area contributed by atoms with Crippen molar-refractivity contribution >= 4 is 29.4 Å². The van der Waals surface area contributed by atoms with E-state index in [0.29, 0.717) is 5.22 Å². The largest absolute Gasteiger partial charge is 0.398 e. The minimum absolute atomic E-state index is 0.0913. The van der Waals surface area contributed by atoms with Crippen molar-refractivity contribution in [3.8, 4) is 0 Å². The van der Waals surface area contributed by atoms with Crippen LogP contribution in [0.15, 0.2) is 33.9 Å². The summed E-state index contributed by atoms with van der Waals surface area (Å²) in [4.78, 5) is 0. The highest BCUT2D eigenvalue weighted by Gasteiger charge is 2.03. The number of anilines is 1. The van der Waals surface area contributed by atoms with E-state index < -0.39 is 0 Å². The van der Waals surface area contributed by atoms with Crippen molar-refractivity contribution < 1.29 is 4.42 Å². The molecule has 2 aromatic rings. The fourth-order valence-corrected chi connectivity index (χ4v) is 1.86. The van der Waals surface area contributed by atoms with Gasteiger partial charge in [0.1, 0.15) is 0 Å². The average Bonchev–Trinajstić information content (AvgIpc) is 2.64. The Hall–Kier alpha value is -1.20. The monoisotopic (exact) mass is 241 g/mol. The molecule has 0 unspecified atom stereocenters. The molecule has 0 saturated carbocycles. The van der Waals surface area contributed by atoms with Crippen LogP contribution in [0.5, 0.6) is 0 Å². The molecule has 0 bridgehead atoms. The molecule has 15 heavy (non-hydrogen) atoms. The van der Waals surface area contributed by atoms with Crippen molar-refractivity contribution in [2.75, 3.05) is 5.73 Å². The Morgan fingerprint density at radius 1 is 1.27 bits per heavy atom. The zero-order chi connectivity index (χ0) is 10.7. The minimum Gasteiger partial charge on any atom is -0.398 e. The van der Waals surface area contributed by atoms with E-state index in [1.54, 1.807) is 0 Å². The van der Waals surface area contributed by atoms with Crippen molar-refractivity contribution in [2.24, 2.45) is 0 Å². The van der Waals surface area contributed by atoms with Gasteiger partial charge in [-0.15, -0.1) is 0 Å². The quantitative estimate of drug-likeness (QED) is 0.837. The Bertz CT molecular complexity index is 443. The molecule has 1 aromatic heterocycles. The Labute approximate surface area is 95.8 Å². The van der Waals surface area contributed by atoms with Gasteiger partial charge in [0.25, 0.3) is 5.22 Å². The van der Waals surface area contributed by atoms with Gasteiger partial charge in [-0.3, -0.25) is 0 Å². The van der Waals surface area contributed by atoms with Crippen LogP contribution in [0.3, 0.4) is 0 Å². The third-order valence-corrected chi connectivity index (χ3v) is 2.84. The number of hydrogen-bond donors (Lipinski definition) is 1.